The highest BCUT2D eigenvalue weighted by atomic mass is 31.2. The molecule has 0 saturated carbocycles. The number of benzene rings is 2. The van der Waals surface area contributed by atoms with Gasteiger partial charge in [-0.05, 0) is 11.5 Å². The molecule has 0 aliphatic rings. The first kappa shape index (κ1) is 11.9. The average Bonchev–Trinajstić information content (AvgIpc) is 2.28. The summed E-state index contributed by atoms with van der Waals surface area (Å²) in [6.07, 6.45) is 0. The van der Waals surface area contributed by atoms with Crippen LogP contribution in [0.3, 0.4) is 0 Å². The molecule has 2 aromatic rings. The lowest BCUT2D eigenvalue weighted by Crippen LogP contribution is -1.95. The Morgan fingerprint density at radius 2 is 1.82 bits per heavy atom. The summed E-state index contributed by atoms with van der Waals surface area (Å²) in [5.74, 6) is 0.339. The predicted octanol–water partition coefficient (Wildman–Crippen LogP) is 2.32. The Hall–Kier alpha value is -1.55. The molecule has 90 valence electrons. The van der Waals surface area contributed by atoms with Crippen molar-refractivity contribution in [2.24, 2.45) is 0 Å². The standard InChI is InChI=1S/C11H11O5P/c1-15-10-7-6-8-4-2-3-5-9(8)11(10)16-17(12,13)14/h2-7H,1H3,(H2,12,13,14). The molecule has 0 saturated heterocycles. The van der Waals surface area contributed by atoms with E-state index in [0.717, 1.165) is 5.39 Å². The van der Waals surface area contributed by atoms with Crippen LogP contribution in [0.25, 0.3) is 10.8 Å². The Bertz CT molecular complexity index is 589. The Kier molecular flexibility index (Phi) is 3.07. The normalized spacial score (nSPS) is 11.5. The maximum absolute atomic E-state index is 10.9. The molecule has 2 N–H and O–H groups in total. The molecule has 5 nitrogen and oxygen atoms in total. The molecule has 0 atom stereocenters. The highest BCUT2D eigenvalue weighted by Gasteiger charge is 2.21. The van der Waals surface area contributed by atoms with E-state index in [2.05, 4.69) is 4.52 Å². The van der Waals surface area contributed by atoms with Gasteiger partial charge in [-0.3, -0.25) is 9.79 Å². The highest BCUT2D eigenvalue weighted by Crippen LogP contribution is 2.45. The van der Waals surface area contributed by atoms with Gasteiger partial charge in [0.15, 0.2) is 11.5 Å². The van der Waals surface area contributed by atoms with Crippen LogP contribution in [0.2, 0.25) is 0 Å². The van der Waals surface area contributed by atoms with Gasteiger partial charge in [-0.1, -0.05) is 30.3 Å². The summed E-state index contributed by atoms with van der Waals surface area (Å²) in [7, 11) is -3.20. The Morgan fingerprint density at radius 1 is 1.12 bits per heavy atom. The minimum Gasteiger partial charge on any atom is -0.493 e. The summed E-state index contributed by atoms with van der Waals surface area (Å²) in [6, 6.07) is 10.5. The van der Waals surface area contributed by atoms with Crippen LogP contribution in [0, 0.1) is 0 Å². The van der Waals surface area contributed by atoms with E-state index in [1.54, 1.807) is 24.3 Å². The summed E-state index contributed by atoms with van der Waals surface area (Å²) >= 11 is 0. The molecule has 0 spiro atoms. The smallest absolute Gasteiger partial charge is 0.493 e. The van der Waals surface area contributed by atoms with Gasteiger partial charge in [0, 0.05) is 5.39 Å². The summed E-state index contributed by atoms with van der Waals surface area (Å²) in [4.78, 5) is 17.8. The molecule has 17 heavy (non-hydrogen) atoms. The number of hydrogen-bond donors (Lipinski definition) is 2. The largest absolute Gasteiger partial charge is 0.524 e. The van der Waals surface area contributed by atoms with Crippen molar-refractivity contribution in [1.29, 1.82) is 0 Å². The van der Waals surface area contributed by atoms with Crippen molar-refractivity contribution in [2.75, 3.05) is 7.11 Å². The van der Waals surface area contributed by atoms with Crippen LogP contribution in [0.5, 0.6) is 11.5 Å². The number of phosphoric ester groups is 1. The number of methoxy groups -OCH3 is 1. The van der Waals surface area contributed by atoms with Crippen LogP contribution in [-0.4, -0.2) is 16.9 Å². The molecule has 0 unspecified atom stereocenters. The zero-order valence-corrected chi connectivity index (χ0v) is 9.92. The van der Waals surface area contributed by atoms with Gasteiger partial charge in [-0.25, -0.2) is 4.57 Å². The minimum atomic E-state index is -4.61. The monoisotopic (exact) mass is 254 g/mol. The first-order valence-corrected chi connectivity index (χ1v) is 6.35. The lowest BCUT2D eigenvalue weighted by atomic mass is 10.1. The summed E-state index contributed by atoms with van der Waals surface area (Å²) in [5.41, 5.74) is 0. The third-order valence-corrected chi connectivity index (χ3v) is 2.69. The first-order chi connectivity index (χ1) is 8.01. The second-order valence-corrected chi connectivity index (χ2v) is 4.56. The van der Waals surface area contributed by atoms with E-state index < -0.39 is 7.82 Å². The van der Waals surface area contributed by atoms with Gasteiger partial charge in [0.2, 0.25) is 0 Å². The fourth-order valence-electron chi connectivity index (χ4n) is 1.60. The summed E-state index contributed by atoms with van der Waals surface area (Å²) in [6.45, 7) is 0. The second kappa shape index (κ2) is 4.37. The van der Waals surface area contributed by atoms with E-state index in [-0.39, 0.29) is 11.5 Å². The molecule has 0 aliphatic carbocycles. The van der Waals surface area contributed by atoms with Crippen molar-refractivity contribution in [3.8, 4) is 11.5 Å². The lowest BCUT2D eigenvalue weighted by molar-refractivity contribution is 0.278. The van der Waals surface area contributed by atoms with Gasteiger partial charge in [-0.2, -0.15) is 0 Å². The van der Waals surface area contributed by atoms with Crippen molar-refractivity contribution in [1.82, 2.24) is 0 Å². The average molecular weight is 254 g/mol. The van der Waals surface area contributed by atoms with Crippen LogP contribution in [0.15, 0.2) is 36.4 Å². The number of rotatable bonds is 3. The Morgan fingerprint density at radius 3 is 2.47 bits per heavy atom. The SMILES string of the molecule is COc1ccc2ccccc2c1OP(=O)(O)O. The maximum Gasteiger partial charge on any atom is 0.524 e. The van der Waals surface area contributed by atoms with Gasteiger partial charge in [0.1, 0.15) is 0 Å². The van der Waals surface area contributed by atoms with Crippen LogP contribution < -0.4 is 9.26 Å². The number of phosphoric acid groups is 1. The third-order valence-electron chi connectivity index (χ3n) is 2.27. The van der Waals surface area contributed by atoms with E-state index in [9.17, 15) is 4.57 Å². The Labute approximate surface area is 97.8 Å². The van der Waals surface area contributed by atoms with Gasteiger partial charge < -0.3 is 9.26 Å². The summed E-state index contributed by atoms with van der Waals surface area (Å²) in [5, 5.41) is 1.41. The molecular formula is C11H11O5P. The van der Waals surface area contributed by atoms with E-state index in [1.165, 1.54) is 7.11 Å². The number of fused-ring (bicyclic) bond motifs is 1. The van der Waals surface area contributed by atoms with Crippen LogP contribution in [0.4, 0.5) is 0 Å². The molecule has 2 rings (SSSR count). The molecular weight excluding hydrogens is 243 g/mol. The molecule has 0 aromatic heterocycles. The molecule has 2 aromatic carbocycles. The van der Waals surface area contributed by atoms with E-state index >= 15 is 0 Å². The fourth-order valence-corrected chi connectivity index (χ4v) is 2.02. The third kappa shape index (κ3) is 2.58. The van der Waals surface area contributed by atoms with Crippen molar-refractivity contribution in [3.05, 3.63) is 36.4 Å². The van der Waals surface area contributed by atoms with E-state index in [0.29, 0.717) is 5.39 Å². The van der Waals surface area contributed by atoms with Gasteiger partial charge in [-0.15, -0.1) is 0 Å². The summed E-state index contributed by atoms with van der Waals surface area (Å²) < 4.78 is 20.6. The Balaban J connectivity index is 2.67. The fraction of sp³-hybridized carbons (Fsp3) is 0.0909. The van der Waals surface area contributed by atoms with Crippen LogP contribution >= 0.6 is 7.82 Å². The molecule has 6 heteroatoms. The van der Waals surface area contributed by atoms with E-state index in [4.69, 9.17) is 14.5 Å². The number of hydrogen-bond acceptors (Lipinski definition) is 3. The molecule has 0 bridgehead atoms. The number of ether oxygens (including phenoxy) is 1. The zero-order valence-electron chi connectivity index (χ0n) is 9.03. The first-order valence-electron chi connectivity index (χ1n) is 4.82. The maximum atomic E-state index is 10.9. The van der Waals surface area contributed by atoms with E-state index in [1.807, 2.05) is 12.1 Å². The topological polar surface area (TPSA) is 76.0 Å². The predicted molar refractivity (Wildman–Crippen MR) is 63.2 cm³/mol. The van der Waals surface area contributed by atoms with Crippen molar-refractivity contribution < 1.29 is 23.6 Å². The molecule has 0 fully saturated rings. The van der Waals surface area contributed by atoms with Crippen LogP contribution in [-0.2, 0) is 4.57 Å². The second-order valence-electron chi connectivity index (χ2n) is 3.40. The molecule has 0 radical (unpaired) electrons. The minimum absolute atomic E-state index is 0.0546. The van der Waals surface area contributed by atoms with Crippen molar-refractivity contribution >= 4 is 18.6 Å². The lowest BCUT2D eigenvalue weighted by Gasteiger charge is -2.13. The van der Waals surface area contributed by atoms with Gasteiger partial charge in [0.05, 0.1) is 7.11 Å². The quantitative estimate of drug-likeness (QED) is 0.822. The molecule has 0 amide bonds. The van der Waals surface area contributed by atoms with Gasteiger partial charge in [0.25, 0.3) is 0 Å². The zero-order chi connectivity index (χ0) is 12.5. The highest BCUT2D eigenvalue weighted by molar-refractivity contribution is 7.46. The van der Waals surface area contributed by atoms with Crippen LogP contribution in [0.1, 0.15) is 0 Å². The van der Waals surface area contributed by atoms with Crippen molar-refractivity contribution in [2.45, 2.75) is 0 Å². The molecule has 0 heterocycles. The van der Waals surface area contributed by atoms with Crippen molar-refractivity contribution in [3.63, 3.8) is 0 Å². The molecule has 0 aliphatic heterocycles. The van der Waals surface area contributed by atoms with Gasteiger partial charge >= 0.3 is 7.82 Å².